The first-order chi connectivity index (χ1) is 9.33. The van der Waals surface area contributed by atoms with Crippen molar-refractivity contribution in [2.24, 2.45) is 0 Å². The third-order valence-corrected chi connectivity index (χ3v) is 4.06. The van der Waals surface area contributed by atoms with Crippen molar-refractivity contribution in [3.63, 3.8) is 0 Å². The fraction of sp³-hybridized carbons (Fsp3) is 0.188. The topological polar surface area (TPSA) is 24.9 Å². The highest BCUT2D eigenvalue weighted by molar-refractivity contribution is 7.07. The second-order valence-electron chi connectivity index (χ2n) is 4.72. The quantitative estimate of drug-likeness (QED) is 0.769. The molecule has 0 bridgehead atoms. The number of nitrogens with zero attached hydrogens (tertiary/aromatic N) is 1. The molecule has 3 rings (SSSR count). The molecule has 2 nitrogen and oxygen atoms in total. The molecule has 0 saturated carbocycles. The SMILES string of the molecule is CC(NCc1ccc2cnccc2c1)c1ccsc1. The molecule has 2 heterocycles. The van der Waals surface area contributed by atoms with Crippen LogP contribution in [-0.2, 0) is 6.54 Å². The van der Waals surface area contributed by atoms with Crippen molar-refractivity contribution in [2.75, 3.05) is 0 Å². The van der Waals surface area contributed by atoms with E-state index < -0.39 is 0 Å². The van der Waals surface area contributed by atoms with Crippen molar-refractivity contribution in [3.8, 4) is 0 Å². The van der Waals surface area contributed by atoms with E-state index in [2.05, 4.69) is 58.3 Å². The number of fused-ring (bicyclic) bond motifs is 1. The molecule has 3 heteroatoms. The zero-order valence-corrected chi connectivity index (χ0v) is 11.7. The van der Waals surface area contributed by atoms with E-state index >= 15 is 0 Å². The number of nitrogens with one attached hydrogen (secondary N) is 1. The predicted octanol–water partition coefficient (Wildman–Crippen LogP) is 4.15. The van der Waals surface area contributed by atoms with Crippen LogP contribution in [0.5, 0.6) is 0 Å². The molecule has 0 aliphatic heterocycles. The first-order valence-electron chi connectivity index (χ1n) is 6.41. The fourth-order valence-electron chi connectivity index (χ4n) is 2.15. The molecular formula is C16H16N2S. The zero-order chi connectivity index (χ0) is 13.1. The van der Waals surface area contributed by atoms with Gasteiger partial charge in [-0.2, -0.15) is 11.3 Å². The minimum absolute atomic E-state index is 0.388. The number of benzene rings is 1. The van der Waals surface area contributed by atoms with Gasteiger partial charge in [0.15, 0.2) is 0 Å². The number of hydrogen-bond donors (Lipinski definition) is 1. The summed E-state index contributed by atoms with van der Waals surface area (Å²) >= 11 is 1.74. The molecule has 1 atom stereocenters. The van der Waals surface area contributed by atoms with Gasteiger partial charge in [0.25, 0.3) is 0 Å². The summed E-state index contributed by atoms with van der Waals surface area (Å²) in [5, 5.41) is 10.3. The molecule has 3 aromatic rings. The van der Waals surface area contributed by atoms with E-state index in [9.17, 15) is 0 Å². The lowest BCUT2D eigenvalue weighted by Gasteiger charge is -2.12. The second kappa shape index (κ2) is 5.51. The highest BCUT2D eigenvalue weighted by atomic mass is 32.1. The van der Waals surface area contributed by atoms with E-state index in [1.807, 2.05) is 12.4 Å². The van der Waals surface area contributed by atoms with E-state index in [4.69, 9.17) is 0 Å². The van der Waals surface area contributed by atoms with Crippen LogP contribution < -0.4 is 5.32 Å². The van der Waals surface area contributed by atoms with Crippen LogP contribution in [0.15, 0.2) is 53.5 Å². The van der Waals surface area contributed by atoms with Crippen molar-refractivity contribution in [1.82, 2.24) is 10.3 Å². The van der Waals surface area contributed by atoms with E-state index in [1.165, 1.54) is 21.9 Å². The Morgan fingerprint density at radius 1 is 1.21 bits per heavy atom. The lowest BCUT2D eigenvalue weighted by atomic mass is 10.1. The smallest absolute Gasteiger partial charge is 0.0346 e. The van der Waals surface area contributed by atoms with Crippen LogP contribution in [0.3, 0.4) is 0 Å². The van der Waals surface area contributed by atoms with Gasteiger partial charge in [-0.25, -0.2) is 0 Å². The summed E-state index contributed by atoms with van der Waals surface area (Å²) < 4.78 is 0. The Morgan fingerprint density at radius 3 is 3.00 bits per heavy atom. The van der Waals surface area contributed by atoms with Crippen LogP contribution >= 0.6 is 11.3 Å². The second-order valence-corrected chi connectivity index (χ2v) is 5.50. The Morgan fingerprint density at radius 2 is 2.16 bits per heavy atom. The molecule has 19 heavy (non-hydrogen) atoms. The van der Waals surface area contributed by atoms with Gasteiger partial charge in [-0.1, -0.05) is 12.1 Å². The molecule has 0 amide bonds. The van der Waals surface area contributed by atoms with Gasteiger partial charge in [0.2, 0.25) is 0 Å². The Kier molecular flexibility index (Phi) is 3.58. The van der Waals surface area contributed by atoms with Gasteiger partial charge in [-0.05, 0) is 52.4 Å². The van der Waals surface area contributed by atoms with E-state index in [1.54, 1.807) is 11.3 Å². The number of aromatic nitrogens is 1. The van der Waals surface area contributed by atoms with Gasteiger partial charge >= 0.3 is 0 Å². The van der Waals surface area contributed by atoms with Crippen LogP contribution in [0.1, 0.15) is 24.1 Å². The summed E-state index contributed by atoms with van der Waals surface area (Å²) in [6, 6.07) is 11.1. The summed E-state index contributed by atoms with van der Waals surface area (Å²) in [5.74, 6) is 0. The predicted molar refractivity (Wildman–Crippen MR) is 81.3 cm³/mol. The Bertz CT molecular complexity index is 661. The Labute approximate surface area is 117 Å². The Hall–Kier alpha value is -1.71. The van der Waals surface area contributed by atoms with Crippen LogP contribution in [0.4, 0.5) is 0 Å². The largest absolute Gasteiger partial charge is 0.306 e. The van der Waals surface area contributed by atoms with Crippen molar-refractivity contribution in [3.05, 3.63) is 64.6 Å². The van der Waals surface area contributed by atoms with Gasteiger partial charge in [0.1, 0.15) is 0 Å². The van der Waals surface area contributed by atoms with Gasteiger partial charge in [-0.15, -0.1) is 0 Å². The maximum absolute atomic E-state index is 4.14. The molecule has 1 N–H and O–H groups in total. The maximum atomic E-state index is 4.14. The summed E-state index contributed by atoms with van der Waals surface area (Å²) in [7, 11) is 0. The van der Waals surface area contributed by atoms with Crippen molar-refractivity contribution in [2.45, 2.75) is 19.5 Å². The van der Waals surface area contributed by atoms with Gasteiger partial charge in [0.05, 0.1) is 0 Å². The minimum atomic E-state index is 0.388. The molecule has 0 radical (unpaired) electrons. The van der Waals surface area contributed by atoms with Gasteiger partial charge < -0.3 is 5.32 Å². The average molecular weight is 268 g/mol. The number of hydrogen-bond acceptors (Lipinski definition) is 3. The van der Waals surface area contributed by atoms with E-state index in [0.29, 0.717) is 6.04 Å². The standard InChI is InChI=1S/C16H16N2S/c1-12(16-5-7-19-11-16)18-9-13-2-3-15-10-17-6-4-14(15)8-13/h2-8,10-12,18H,9H2,1H3. The summed E-state index contributed by atoms with van der Waals surface area (Å²) in [6.07, 6.45) is 3.74. The lowest BCUT2D eigenvalue weighted by molar-refractivity contribution is 0.576. The van der Waals surface area contributed by atoms with E-state index in [-0.39, 0.29) is 0 Å². The maximum Gasteiger partial charge on any atom is 0.0346 e. The molecule has 1 aromatic carbocycles. The van der Waals surface area contributed by atoms with Crippen molar-refractivity contribution >= 4 is 22.1 Å². The summed E-state index contributed by atoms with van der Waals surface area (Å²) in [4.78, 5) is 4.14. The van der Waals surface area contributed by atoms with Crippen molar-refractivity contribution in [1.29, 1.82) is 0 Å². The normalized spacial score (nSPS) is 12.7. The monoisotopic (exact) mass is 268 g/mol. The third kappa shape index (κ3) is 2.83. The third-order valence-electron chi connectivity index (χ3n) is 3.36. The molecule has 0 saturated heterocycles. The summed E-state index contributed by atoms with van der Waals surface area (Å²) in [5.41, 5.74) is 2.66. The fourth-order valence-corrected chi connectivity index (χ4v) is 2.91. The van der Waals surface area contributed by atoms with Crippen LogP contribution in [0.25, 0.3) is 10.8 Å². The molecule has 0 aliphatic rings. The molecule has 0 aliphatic carbocycles. The first kappa shape index (κ1) is 12.3. The Balaban J connectivity index is 1.71. The number of pyridine rings is 1. The van der Waals surface area contributed by atoms with Crippen molar-refractivity contribution < 1.29 is 0 Å². The lowest BCUT2D eigenvalue weighted by Crippen LogP contribution is -2.17. The van der Waals surface area contributed by atoms with Crippen LogP contribution in [-0.4, -0.2) is 4.98 Å². The molecule has 96 valence electrons. The van der Waals surface area contributed by atoms with Crippen LogP contribution in [0.2, 0.25) is 0 Å². The highest BCUT2D eigenvalue weighted by Gasteiger charge is 2.05. The molecule has 1 unspecified atom stereocenters. The zero-order valence-electron chi connectivity index (χ0n) is 10.8. The number of rotatable bonds is 4. The highest BCUT2D eigenvalue weighted by Crippen LogP contribution is 2.18. The van der Waals surface area contributed by atoms with E-state index in [0.717, 1.165) is 6.54 Å². The van der Waals surface area contributed by atoms with Gasteiger partial charge in [-0.3, -0.25) is 4.98 Å². The number of thiophene rings is 1. The average Bonchev–Trinajstić information content (AvgIpc) is 2.99. The molecular weight excluding hydrogens is 252 g/mol. The molecule has 0 fully saturated rings. The summed E-state index contributed by atoms with van der Waals surface area (Å²) in [6.45, 7) is 3.09. The molecule has 0 spiro atoms. The minimum Gasteiger partial charge on any atom is -0.306 e. The van der Waals surface area contributed by atoms with Crippen LogP contribution in [0, 0.1) is 0 Å². The van der Waals surface area contributed by atoms with Gasteiger partial charge in [0, 0.05) is 30.4 Å². The first-order valence-corrected chi connectivity index (χ1v) is 7.35. The molecule has 2 aromatic heterocycles.